The third-order valence-corrected chi connectivity index (χ3v) is 2.88. The molecular weight excluding hydrogens is 220 g/mol. The van der Waals surface area contributed by atoms with Crippen molar-refractivity contribution in [2.75, 3.05) is 6.54 Å². The Hall–Kier alpha value is -1.78. The SMILES string of the molecule is CC(C)[C@@H]1C(=O)NCC(=O)N1Cc1ccco1. The van der Waals surface area contributed by atoms with E-state index >= 15 is 0 Å². The van der Waals surface area contributed by atoms with Crippen LogP contribution in [-0.4, -0.2) is 29.3 Å². The Morgan fingerprint density at radius 1 is 1.53 bits per heavy atom. The van der Waals surface area contributed by atoms with E-state index in [9.17, 15) is 9.59 Å². The Morgan fingerprint density at radius 3 is 2.88 bits per heavy atom. The van der Waals surface area contributed by atoms with Gasteiger partial charge in [0.15, 0.2) is 0 Å². The second-order valence-corrected chi connectivity index (χ2v) is 4.51. The van der Waals surface area contributed by atoms with E-state index in [1.54, 1.807) is 23.3 Å². The van der Waals surface area contributed by atoms with Crippen LogP contribution in [-0.2, 0) is 16.1 Å². The fourth-order valence-electron chi connectivity index (χ4n) is 2.09. The van der Waals surface area contributed by atoms with E-state index in [-0.39, 0.29) is 24.3 Å². The van der Waals surface area contributed by atoms with Gasteiger partial charge in [-0.15, -0.1) is 0 Å². The van der Waals surface area contributed by atoms with Crippen LogP contribution >= 0.6 is 0 Å². The van der Waals surface area contributed by atoms with Crippen LogP contribution in [0.25, 0.3) is 0 Å². The molecule has 1 aromatic heterocycles. The maximum absolute atomic E-state index is 11.9. The lowest BCUT2D eigenvalue weighted by atomic mass is 9.99. The standard InChI is InChI=1S/C12H16N2O3/c1-8(2)11-12(16)13-6-10(15)14(11)7-9-4-3-5-17-9/h3-5,8,11H,6-7H2,1-2H3,(H,13,16)/t11-/m1/s1. The third-order valence-electron chi connectivity index (χ3n) is 2.88. The summed E-state index contributed by atoms with van der Waals surface area (Å²) in [6.45, 7) is 4.28. The molecule has 1 N–H and O–H groups in total. The number of amides is 2. The maximum atomic E-state index is 11.9. The first-order chi connectivity index (χ1) is 8.09. The highest BCUT2D eigenvalue weighted by atomic mass is 16.3. The van der Waals surface area contributed by atoms with Crippen LogP contribution in [0, 0.1) is 5.92 Å². The average molecular weight is 236 g/mol. The smallest absolute Gasteiger partial charge is 0.243 e. The van der Waals surface area contributed by atoms with Crippen LogP contribution in [0.4, 0.5) is 0 Å². The van der Waals surface area contributed by atoms with Crippen molar-refractivity contribution < 1.29 is 14.0 Å². The normalized spacial score (nSPS) is 20.9. The maximum Gasteiger partial charge on any atom is 0.243 e. The Morgan fingerprint density at radius 2 is 2.29 bits per heavy atom. The number of furan rings is 1. The predicted octanol–water partition coefficient (Wildman–Crippen LogP) is 0.763. The molecule has 2 rings (SSSR count). The Kier molecular flexibility index (Phi) is 3.17. The largest absolute Gasteiger partial charge is 0.467 e. The number of nitrogens with zero attached hydrogens (tertiary/aromatic N) is 1. The number of hydrogen-bond acceptors (Lipinski definition) is 3. The molecule has 1 saturated heterocycles. The molecule has 0 unspecified atom stereocenters. The van der Waals surface area contributed by atoms with Gasteiger partial charge in [0.1, 0.15) is 11.8 Å². The second kappa shape index (κ2) is 4.61. The molecule has 5 heteroatoms. The lowest BCUT2D eigenvalue weighted by Crippen LogP contribution is -2.59. The highest BCUT2D eigenvalue weighted by Crippen LogP contribution is 2.18. The number of hydrogen-bond donors (Lipinski definition) is 1. The van der Waals surface area contributed by atoms with Crippen LogP contribution in [0.15, 0.2) is 22.8 Å². The highest BCUT2D eigenvalue weighted by molar-refractivity contribution is 5.94. The number of carbonyl (C=O) groups excluding carboxylic acids is 2. The molecule has 1 aliphatic heterocycles. The minimum atomic E-state index is -0.415. The summed E-state index contributed by atoms with van der Waals surface area (Å²) in [5.74, 6) is 0.610. The summed E-state index contributed by atoms with van der Waals surface area (Å²) >= 11 is 0. The van der Waals surface area contributed by atoms with Gasteiger partial charge in [-0.05, 0) is 18.1 Å². The number of nitrogens with one attached hydrogen (secondary N) is 1. The molecular formula is C12H16N2O3. The molecule has 92 valence electrons. The molecule has 0 aliphatic carbocycles. The van der Waals surface area contributed by atoms with E-state index < -0.39 is 6.04 Å². The molecule has 2 heterocycles. The molecule has 17 heavy (non-hydrogen) atoms. The molecule has 0 radical (unpaired) electrons. The van der Waals surface area contributed by atoms with Crippen LogP contribution in [0.3, 0.4) is 0 Å². The third kappa shape index (κ3) is 2.33. The highest BCUT2D eigenvalue weighted by Gasteiger charge is 2.36. The average Bonchev–Trinajstić information content (AvgIpc) is 2.76. The van der Waals surface area contributed by atoms with E-state index in [0.29, 0.717) is 12.3 Å². The first kappa shape index (κ1) is 11.7. The van der Waals surface area contributed by atoms with E-state index in [4.69, 9.17) is 4.42 Å². The summed E-state index contributed by atoms with van der Waals surface area (Å²) in [4.78, 5) is 25.2. The van der Waals surface area contributed by atoms with Crippen molar-refractivity contribution in [3.63, 3.8) is 0 Å². The van der Waals surface area contributed by atoms with Crippen LogP contribution in [0.2, 0.25) is 0 Å². The summed E-state index contributed by atoms with van der Waals surface area (Å²) in [5, 5.41) is 2.61. The fourth-order valence-corrected chi connectivity index (χ4v) is 2.09. The first-order valence-corrected chi connectivity index (χ1v) is 5.69. The summed E-state index contributed by atoms with van der Waals surface area (Å²) < 4.78 is 5.22. The topological polar surface area (TPSA) is 62.6 Å². The van der Waals surface area contributed by atoms with Crippen molar-refractivity contribution in [2.24, 2.45) is 5.92 Å². The molecule has 1 fully saturated rings. The van der Waals surface area contributed by atoms with Gasteiger partial charge in [0.2, 0.25) is 11.8 Å². The molecule has 5 nitrogen and oxygen atoms in total. The molecule has 0 saturated carbocycles. The zero-order valence-corrected chi connectivity index (χ0v) is 9.97. The van der Waals surface area contributed by atoms with Gasteiger partial charge in [-0.2, -0.15) is 0 Å². The molecule has 0 bridgehead atoms. The van der Waals surface area contributed by atoms with Crippen LogP contribution in [0.1, 0.15) is 19.6 Å². The number of piperazine rings is 1. The van der Waals surface area contributed by atoms with Gasteiger partial charge in [0.25, 0.3) is 0 Å². The predicted molar refractivity (Wildman–Crippen MR) is 60.9 cm³/mol. The Bertz CT molecular complexity index is 411. The van der Waals surface area contributed by atoms with Crippen molar-refractivity contribution in [3.8, 4) is 0 Å². The minimum Gasteiger partial charge on any atom is -0.467 e. The van der Waals surface area contributed by atoms with Crippen molar-refractivity contribution in [1.82, 2.24) is 10.2 Å². The Labute approximate surface area is 99.8 Å². The van der Waals surface area contributed by atoms with Gasteiger partial charge in [-0.1, -0.05) is 13.8 Å². The van der Waals surface area contributed by atoms with Crippen LogP contribution < -0.4 is 5.32 Å². The van der Waals surface area contributed by atoms with E-state index in [2.05, 4.69) is 5.32 Å². The van der Waals surface area contributed by atoms with Gasteiger partial charge in [-0.25, -0.2) is 0 Å². The van der Waals surface area contributed by atoms with Gasteiger partial charge in [-0.3, -0.25) is 9.59 Å². The second-order valence-electron chi connectivity index (χ2n) is 4.51. The molecule has 1 atom stereocenters. The molecule has 1 aromatic rings. The van der Waals surface area contributed by atoms with Gasteiger partial charge in [0.05, 0.1) is 19.4 Å². The lowest BCUT2D eigenvalue weighted by Gasteiger charge is -2.36. The molecule has 2 amide bonds. The van der Waals surface area contributed by atoms with Crippen molar-refractivity contribution in [3.05, 3.63) is 24.2 Å². The van der Waals surface area contributed by atoms with Crippen molar-refractivity contribution >= 4 is 11.8 Å². The fraction of sp³-hybridized carbons (Fsp3) is 0.500. The van der Waals surface area contributed by atoms with Gasteiger partial charge < -0.3 is 14.6 Å². The minimum absolute atomic E-state index is 0.0697. The van der Waals surface area contributed by atoms with Gasteiger partial charge in [0, 0.05) is 0 Å². The molecule has 0 aromatic carbocycles. The van der Waals surface area contributed by atoms with E-state index in [0.717, 1.165) is 0 Å². The first-order valence-electron chi connectivity index (χ1n) is 5.69. The summed E-state index contributed by atoms with van der Waals surface area (Å²) in [6, 6.07) is 3.16. The monoisotopic (exact) mass is 236 g/mol. The lowest BCUT2D eigenvalue weighted by molar-refractivity contribution is -0.148. The zero-order chi connectivity index (χ0) is 12.4. The zero-order valence-electron chi connectivity index (χ0n) is 9.97. The molecule has 0 spiro atoms. The Balaban J connectivity index is 2.20. The summed E-state index contributed by atoms with van der Waals surface area (Å²) in [7, 11) is 0. The van der Waals surface area contributed by atoms with Crippen molar-refractivity contribution in [2.45, 2.75) is 26.4 Å². The summed E-state index contributed by atoms with van der Waals surface area (Å²) in [6.07, 6.45) is 1.56. The van der Waals surface area contributed by atoms with Crippen molar-refractivity contribution in [1.29, 1.82) is 0 Å². The quantitative estimate of drug-likeness (QED) is 0.842. The van der Waals surface area contributed by atoms with E-state index in [1.165, 1.54) is 0 Å². The van der Waals surface area contributed by atoms with Crippen LogP contribution in [0.5, 0.6) is 0 Å². The van der Waals surface area contributed by atoms with E-state index in [1.807, 2.05) is 13.8 Å². The number of carbonyl (C=O) groups is 2. The summed E-state index contributed by atoms with van der Waals surface area (Å²) in [5.41, 5.74) is 0. The molecule has 1 aliphatic rings. The van der Waals surface area contributed by atoms with Gasteiger partial charge >= 0.3 is 0 Å². The number of rotatable bonds is 3.